The third-order valence-corrected chi connectivity index (χ3v) is 4.09. The number of nitrogens with one attached hydrogen (secondary N) is 1. The lowest BCUT2D eigenvalue weighted by Gasteiger charge is -2.22. The van der Waals surface area contributed by atoms with Crippen LogP contribution in [-0.4, -0.2) is 19.2 Å². The average Bonchev–Trinajstić information content (AvgIpc) is 2.01. The Morgan fingerprint density at radius 1 is 1.43 bits per heavy atom. The maximum atomic E-state index is 11.7. The summed E-state index contributed by atoms with van der Waals surface area (Å²) in [7, 11) is -3.32. The second-order valence-corrected chi connectivity index (χ2v) is 6.71. The summed E-state index contributed by atoms with van der Waals surface area (Å²) in [5, 5.41) is 0. The van der Waals surface area contributed by atoms with Crippen molar-refractivity contribution in [1.82, 2.24) is 4.72 Å². The van der Waals surface area contributed by atoms with Crippen molar-refractivity contribution in [2.75, 3.05) is 0 Å². The molecule has 3 nitrogen and oxygen atoms in total. The molecule has 0 saturated carbocycles. The molecule has 0 rings (SSSR count). The minimum atomic E-state index is -3.32. The number of hydrogen-bond acceptors (Lipinski definition) is 2. The van der Waals surface area contributed by atoms with E-state index in [0.717, 1.165) is 6.42 Å². The van der Waals surface area contributed by atoms with E-state index in [0.29, 0.717) is 6.42 Å². The first-order valence-electron chi connectivity index (χ1n) is 4.72. The monoisotopic (exact) mass is 217 g/mol. The van der Waals surface area contributed by atoms with Crippen molar-refractivity contribution in [3.63, 3.8) is 0 Å². The van der Waals surface area contributed by atoms with Gasteiger partial charge in [-0.25, -0.2) is 13.1 Å². The molecule has 0 aliphatic rings. The van der Waals surface area contributed by atoms with Crippen molar-refractivity contribution in [2.24, 2.45) is 0 Å². The van der Waals surface area contributed by atoms with Crippen LogP contribution in [0.25, 0.3) is 0 Å². The van der Waals surface area contributed by atoms with Gasteiger partial charge in [0, 0.05) is 0 Å². The Morgan fingerprint density at radius 2 is 1.93 bits per heavy atom. The van der Waals surface area contributed by atoms with Crippen LogP contribution in [0.1, 0.15) is 40.5 Å². The molecule has 0 radical (unpaired) electrons. The maximum absolute atomic E-state index is 11.7. The van der Waals surface area contributed by atoms with E-state index in [2.05, 4.69) is 10.6 Å². The molecule has 0 fully saturated rings. The highest BCUT2D eigenvalue weighted by Crippen LogP contribution is 2.14. The number of hydrogen-bond donors (Lipinski definition) is 1. The smallest absolute Gasteiger partial charge is 0.212 e. The molecule has 4 heteroatoms. The summed E-state index contributed by atoms with van der Waals surface area (Å²) in [5.41, 5.74) is 0. The van der Waals surface area contributed by atoms with Crippen molar-refractivity contribution in [1.29, 1.82) is 0 Å². The fourth-order valence-electron chi connectivity index (χ4n) is 0.829. The normalized spacial score (nSPS) is 14.8. The highest BCUT2D eigenvalue weighted by atomic mass is 32.2. The van der Waals surface area contributed by atoms with Gasteiger partial charge in [-0.3, -0.25) is 0 Å². The van der Waals surface area contributed by atoms with E-state index < -0.39 is 14.8 Å². The van der Waals surface area contributed by atoms with Crippen LogP contribution < -0.4 is 4.72 Å². The van der Waals surface area contributed by atoms with Gasteiger partial charge in [-0.2, -0.15) is 0 Å². The van der Waals surface area contributed by atoms with Crippen molar-refractivity contribution < 1.29 is 8.42 Å². The van der Waals surface area contributed by atoms with Gasteiger partial charge in [0.2, 0.25) is 10.0 Å². The van der Waals surface area contributed by atoms with E-state index in [9.17, 15) is 8.42 Å². The molecule has 0 aromatic carbocycles. The van der Waals surface area contributed by atoms with Gasteiger partial charge in [-0.15, -0.1) is 6.42 Å². The van der Waals surface area contributed by atoms with Crippen LogP contribution in [-0.2, 0) is 10.0 Å². The zero-order chi connectivity index (χ0) is 11.4. The van der Waals surface area contributed by atoms with Crippen LogP contribution in [0.15, 0.2) is 0 Å². The van der Waals surface area contributed by atoms with E-state index in [4.69, 9.17) is 6.42 Å². The van der Waals surface area contributed by atoms with Crippen molar-refractivity contribution >= 4 is 10.0 Å². The summed E-state index contributed by atoms with van der Waals surface area (Å²) in [6.45, 7) is 6.91. The zero-order valence-corrected chi connectivity index (χ0v) is 10.1. The maximum Gasteiger partial charge on any atom is 0.217 e. The zero-order valence-electron chi connectivity index (χ0n) is 9.29. The minimum Gasteiger partial charge on any atom is -0.212 e. The van der Waals surface area contributed by atoms with Gasteiger partial charge in [-0.05, 0) is 27.2 Å². The second-order valence-electron chi connectivity index (χ2n) is 4.24. The average molecular weight is 217 g/mol. The molecule has 0 saturated heterocycles. The van der Waals surface area contributed by atoms with Gasteiger partial charge >= 0.3 is 0 Å². The quantitative estimate of drug-likeness (QED) is 0.725. The third-order valence-electron chi connectivity index (χ3n) is 1.88. The lowest BCUT2D eigenvalue weighted by molar-refractivity contribution is 0.531. The predicted molar refractivity (Wildman–Crippen MR) is 59.3 cm³/mol. The summed E-state index contributed by atoms with van der Waals surface area (Å²) >= 11 is 0. The van der Waals surface area contributed by atoms with E-state index >= 15 is 0 Å². The second kappa shape index (κ2) is 4.81. The van der Waals surface area contributed by atoms with Crippen LogP contribution in [0.4, 0.5) is 0 Å². The Hall–Kier alpha value is -0.530. The molecular weight excluding hydrogens is 198 g/mol. The first-order chi connectivity index (χ1) is 6.24. The SMILES string of the molecule is C#CC(CCC)NS(=O)(=O)C(C)(C)C. The van der Waals surface area contributed by atoms with Crippen LogP contribution in [0, 0.1) is 12.3 Å². The minimum absolute atomic E-state index is 0.385. The van der Waals surface area contributed by atoms with E-state index in [-0.39, 0.29) is 6.04 Å². The van der Waals surface area contributed by atoms with Crippen LogP contribution in [0.2, 0.25) is 0 Å². The molecule has 1 atom stereocenters. The fourth-order valence-corrected chi connectivity index (χ4v) is 1.74. The standard InChI is InChI=1S/C10H19NO2S/c1-6-8-9(7-2)11-14(12,13)10(3,4)5/h2,9,11H,6,8H2,1,3-5H3. The molecule has 1 N–H and O–H groups in total. The molecule has 0 heterocycles. The summed E-state index contributed by atoms with van der Waals surface area (Å²) in [4.78, 5) is 0. The van der Waals surface area contributed by atoms with E-state index in [1.807, 2.05) is 6.92 Å². The van der Waals surface area contributed by atoms with E-state index in [1.54, 1.807) is 20.8 Å². The molecule has 1 unspecified atom stereocenters. The molecule has 0 bridgehead atoms. The van der Waals surface area contributed by atoms with Gasteiger partial charge in [0.15, 0.2) is 0 Å². The van der Waals surface area contributed by atoms with Crippen LogP contribution >= 0.6 is 0 Å². The molecule has 82 valence electrons. The first kappa shape index (κ1) is 13.5. The highest BCUT2D eigenvalue weighted by molar-refractivity contribution is 7.90. The van der Waals surface area contributed by atoms with Crippen molar-refractivity contribution in [2.45, 2.75) is 51.3 Å². The lowest BCUT2D eigenvalue weighted by atomic mass is 10.2. The number of terminal acetylenes is 1. The Labute approximate surface area is 87.3 Å². The predicted octanol–water partition coefficient (Wildman–Crippen LogP) is 1.51. The summed E-state index contributed by atoms with van der Waals surface area (Å²) in [6, 6.07) is -0.385. The summed E-state index contributed by atoms with van der Waals surface area (Å²) in [5.74, 6) is 2.44. The number of sulfonamides is 1. The molecule has 0 aliphatic carbocycles. The first-order valence-corrected chi connectivity index (χ1v) is 6.21. The summed E-state index contributed by atoms with van der Waals surface area (Å²) in [6.07, 6.45) is 6.77. The highest BCUT2D eigenvalue weighted by Gasteiger charge is 2.30. The lowest BCUT2D eigenvalue weighted by Crippen LogP contribution is -2.44. The Balaban J connectivity index is 4.60. The van der Waals surface area contributed by atoms with Gasteiger partial charge < -0.3 is 0 Å². The van der Waals surface area contributed by atoms with Gasteiger partial charge in [0.05, 0.1) is 10.8 Å². The van der Waals surface area contributed by atoms with Gasteiger partial charge in [-0.1, -0.05) is 19.3 Å². The largest absolute Gasteiger partial charge is 0.217 e. The molecule has 0 amide bonds. The van der Waals surface area contributed by atoms with Crippen LogP contribution in [0.5, 0.6) is 0 Å². The van der Waals surface area contributed by atoms with Gasteiger partial charge in [0.1, 0.15) is 0 Å². The molecule has 0 aromatic rings. The topological polar surface area (TPSA) is 46.2 Å². The summed E-state index contributed by atoms with van der Waals surface area (Å²) < 4.78 is 25.1. The molecular formula is C10H19NO2S. The van der Waals surface area contributed by atoms with Crippen molar-refractivity contribution in [3.8, 4) is 12.3 Å². The Bertz CT molecular complexity index is 306. The Kier molecular flexibility index (Phi) is 4.63. The van der Waals surface area contributed by atoms with Gasteiger partial charge in [0.25, 0.3) is 0 Å². The molecule has 14 heavy (non-hydrogen) atoms. The fraction of sp³-hybridized carbons (Fsp3) is 0.800. The third kappa shape index (κ3) is 3.69. The molecule has 0 spiro atoms. The van der Waals surface area contributed by atoms with E-state index in [1.165, 1.54) is 0 Å². The Morgan fingerprint density at radius 3 is 2.21 bits per heavy atom. The molecule has 0 aliphatic heterocycles. The number of rotatable bonds is 4. The van der Waals surface area contributed by atoms with Crippen molar-refractivity contribution in [3.05, 3.63) is 0 Å². The van der Waals surface area contributed by atoms with Crippen LogP contribution in [0.3, 0.4) is 0 Å². The molecule has 0 aromatic heterocycles.